The van der Waals surface area contributed by atoms with Crippen LogP contribution in [0.2, 0.25) is 0 Å². The van der Waals surface area contributed by atoms with E-state index < -0.39 is 16.1 Å². The molecular formula is C20H26N4O4S. The highest BCUT2D eigenvalue weighted by Gasteiger charge is 2.21. The number of nitrogens with zero attached hydrogens (tertiary/aromatic N) is 2. The zero-order valence-electron chi connectivity index (χ0n) is 17.0. The average Bonchev–Trinajstić information content (AvgIpc) is 2.71. The van der Waals surface area contributed by atoms with E-state index in [0.717, 1.165) is 15.0 Å². The van der Waals surface area contributed by atoms with Crippen molar-refractivity contribution < 1.29 is 18.0 Å². The number of amides is 2. The number of para-hydroxylation sites is 1. The van der Waals surface area contributed by atoms with E-state index in [-0.39, 0.29) is 5.91 Å². The average molecular weight is 419 g/mol. The van der Waals surface area contributed by atoms with Crippen LogP contribution in [0, 0.1) is 0 Å². The highest BCUT2D eigenvalue weighted by Crippen LogP contribution is 2.20. The third-order valence-electron chi connectivity index (χ3n) is 4.26. The van der Waals surface area contributed by atoms with Crippen molar-refractivity contribution in [2.45, 2.75) is 13.3 Å². The van der Waals surface area contributed by atoms with E-state index in [1.165, 1.54) is 33.3 Å². The Morgan fingerprint density at radius 2 is 1.55 bits per heavy atom. The number of hydrogen-bond donors (Lipinski definition) is 2. The molecule has 0 saturated heterocycles. The maximum atomic E-state index is 12.6. The number of rotatable bonds is 8. The Morgan fingerprint density at radius 1 is 0.931 bits per heavy atom. The molecule has 2 aromatic rings. The normalized spacial score (nSPS) is 11.2. The summed E-state index contributed by atoms with van der Waals surface area (Å²) in [6.07, 6.45) is 0.810. The summed E-state index contributed by atoms with van der Waals surface area (Å²) in [5.74, 6) is -0.654. The van der Waals surface area contributed by atoms with Gasteiger partial charge in [0.2, 0.25) is 0 Å². The number of carbonyl (C=O) groups is 2. The Balaban J connectivity index is 2.18. The van der Waals surface area contributed by atoms with Gasteiger partial charge in [-0.3, -0.25) is 13.9 Å². The van der Waals surface area contributed by atoms with Gasteiger partial charge in [0.05, 0.1) is 16.9 Å². The van der Waals surface area contributed by atoms with Gasteiger partial charge in [-0.25, -0.2) is 0 Å². The first kappa shape index (κ1) is 22.4. The smallest absolute Gasteiger partial charge is 0.303 e. The second-order valence-electron chi connectivity index (χ2n) is 6.56. The maximum absolute atomic E-state index is 12.6. The molecule has 2 amide bonds. The van der Waals surface area contributed by atoms with E-state index in [1.807, 2.05) is 6.92 Å². The number of anilines is 2. The van der Waals surface area contributed by atoms with Crippen LogP contribution in [0.5, 0.6) is 0 Å². The van der Waals surface area contributed by atoms with Gasteiger partial charge in [-0.15, -0.1) is 0 Å². The lowest BCUT2D eigenvalue weighted by Crippen LogP contribution is -2.37. The van der Waals surface area contributed by atoms with Crippen molar-refractivity contribution >= 4 is 33.4 Å². The van der Waals surface area contributed by atoms with E-state index in [0.29, 0.717) is 29.0 Å². The number of hydrogen-bond acceptors (Lipinski definition) is 4. The second kappa shape index (κ2) is 9.53. The largest absolute Gasteiger partial charge is 0.352 e. The molecule has 2 rings (SSSR count). The van der Waals surface area contributed by atoms with Crippen LogP contribution in [0.3, 0.4) is 0 Å². The predicted molar refractivity (Wildman–Crippen MR) is 114 cm³/mol. The summed E-state index contributed by atoms with van der Waals surface area (Å²) in [5.41, 5.74) is 1.55. The van der Waals surface area contributed by atoms with Crippen molar-refractivity contribution in [1.29, 1.82) is 0 Å². The Bertz CT molecular complexity index is 972. The minimum atomic E-state index is -3.61. The molecule has 0 unspecified atom stereocenters. The number of nitrogens with one attached hydrogen (secondary N) is 2. The van der Waals surface area contributed by atoms with Crippen LogP contribution < -0.4 is 14.9 Å². The van der Waals surface area contributed by atoms with Gasteiger partial charge in [-0.2, -0.15) is 12.7 Å². The Morgan fingerprint density at radius 3 is 2.14 bits per heavy atom. The molecule has 0 bridgehead atoms. The molecule has 8 nitrogen and oxygen atoms in total. The molecule has 0 aliphatic carbocycles. The van der Waals surface area contributed by atoms with E-state index in [2.05, 4.69) is 10.6 Å². The third kappa shape index (κ3) is 5.33. The molecule has 9 heteroatoms. The van der Waals surface area contributed by atoms with Gasteiger partial charge in [0, 0.05) is 33.3 Å². The number of carbonyl (C=O) groups excluding carboxylic acids is 2. The van der Waals surface area contributed by atoms with Crippen molar-refractivity contribution in [2.75, 3.05) is 37.3 Å². The van der Waals surface area contributed by atoms with E-state index in [1.54, 1.807) is 36.4 Å². The molecule has 0 fully saturated rings. The second-order valence-corrected chi connectivity index (χ2v) is 8.73. The summed E-state index contributed by atoms with van der Waals surface area (Å²) in [6, 6.07) is 12.9. The lowest BCUT2D eigenvalue weighted by molar-refractivity contribution is 0.0954. The fourth-order valence-corrected chi connectivity index (χ4v) is 3.40. The molecule has 2 aromatic carbocycles. The van der Waals surface area contributed by atoms with Gasteiger partial charge in [0.25, 0.3) is 11.8 Å². The number of benzene rings is 2. The van der Waals surface area contributed by atoms with Crippen LogP contribution in [0.25, 0.3) is 0 Å². The Kier molecular flexibility index (Phi) is 7.35. The molecule has 2 N–H and O–H groups in total. The quantitative estimate of drug-likeness (QED) is 0.687. The van der Waals surface area contributed by atoms with Crippen LogP contribution >= 0.6 is 0 Å². The molecule has 0 heterocycles. The summed E-state index contributed by atoms with van der Waals surface area (Å²) >= 11 is 0. The topological polar surface area (TPSA) is 98.8 Å². The van der Waals surface area contributed by atoms with Crippen molar-refractivity contribution in [3.8, 4) is 0 Å². The molecule has 0 spiro atoms. The highest BCUT2D eigenvalue weighted by molar-refractivity contribution is 7.90. The van der Waals surface area contributed by atoms with Crippen LogP contribution in [-0.4, -0.2) is 52.2 Å². The summed E-state index contributed by atoms with van der Waals surface area (Å²) in [6.45, 7) is 2.50. The van der Waals surface area contributed by atoms with Crippen LogP contribution in [0.1, 0.15) is 34.1 Å². The van der Waals surface area contributed by atoms with Crippen LogP contribution in [0.15, 0.2) is 48.5 Å². The van der Waals surface area contributed by atoms with E-state index >= 15 is 0 Å². The Labute approximate surface area is 171 Å². The van der Waals surface area contributed by atoms with Crippen LogP contribution in [-0.2, 0) is 10.2 Å². The lowest BCUT2D eigenvalue weighted by Gasteiger charge is -2.23. The first-order valence-corrected chi connectivity index (χ1v) is 10.5. The summed E-state index contributed by atoms with van der Waals surface area (Å²) in [4.78, 5) is 24.9. The summed E-state index contributed by atoms with van der Waals surface area (Å²) < 4.78 is 26.6. The molecule has 0 saturated carbocycles. The minimum Gasteiger partial charge on any atom is -0.352 e. The van der Waals surface area contributed by atoms with Crippen molar-refractivity contribution in [3.05, 3.63) is 59.7 Å². The van der Waals surface area contributed by atoms with Gasteiger partial charge in [-0.05, 0) is 42.8 Å². The van der Waals surface area contributed by atoms with Crippen LogP contribution in [0.4, 0.5) is 11.4 Å². The molecule has 156 valence electrons. The highest BCUT2D eigenvalue weighted by atomic mass is 32.2. The molecule has 0 aliphatic heterocycles. The van der Waals surface area contributed by atoms with Gasteiger partial charge in [-0.1, -0.05) is 19.1 Å². The first-order valence-electron chi connectivity index (χ1n) is 9.13. The monoisotopic (exact) mass is 418 g/mol. The summed E-state index contributed by atoms with van der Waals surface area (Å²) in [5, 5.41) is 5.53. The lowest BCUT2D eigenvalue weighted by atomic mass is 10.1. The SMILES string of the molecule is CCCNC(=O)c1ccccc1NC(=O)c1ccc(N(C)S(=O)(=O)N(C)C)cc1. The van der Waals surface area contributed by atoms with Crippen molar-refractivity contribution in [1.82, 2.24) is 9.62 Å². The van der Waals surface area contributed by atoms with Gasteiger partial charge < -0.3 is 10.6 Å². The van der Waals surface area contributed by atoms with Gasteiger partial charge >= 0.3 is 10.2 Å². The van der Waals surface area contributed by atoms with Gasteiger partial charge in [0.1, 0.15) is 0 Å². The molecule has 0 aliphatic rings. The standard InChI is InChI=1S/C20H26N4O4S/c1-5-14-21-20(26)17-8-6-7-9-18(17)22-19(25)15-10-12-16(13-11-15)24(4)29(27,28)23(2)3/h6-13H,5,14H2,1-4H3,(H,21,26)(H,22,25). The van der Waals surface area contributed by atoms with Gasteiger partial charge in [0.15, 0.2) is 0 Å². The zero-order valence-corrected chi connectivity index (χ0v) is 17.8. The predicted octanol–water partition coefficient (Wildman–Crippen LogP) is 2.32. The summed E-state index contributed by atoms with van der Waals surface area (Å²) in [7, 11) is 0.720. The minimum absolute atomic E-state index is 0.256. The fraction of sp³-hybridized carbons (Fsp3) is 0.300. The fourth-order valence-electron chi connectivity index (χ4n) is 2.52. The molecule has 0 atom stereocenters. The molecule has 0 aromatic heterocycles. The zero-order chi connectivity index (χ0) is 21.6. The maximum Gasteiger partial charge on any atom is 0.303 e. The molecule has 0 radical (unpaired) electrons. The molecular weight excluding hydrogens is 392 g/mol. The van der Waals surface area contributed by atoms with E-state index in [9.17, 15) is 18.0 Å². The van der Waals surface area contributed by atoms with Crippen molar-refractivity contribution in [2.24, 2.45) is 0 Å². The Hall–Kier alpha value is -2.91. The molecule has 29 heavy (non-hydrogen) atoms. The first-order chi connectivity index (χ1) is 13.7. The third-order valence-corrected chi connectivity index (χ3v) is 6.08. The van der Waals surface area contributed by atoms with Crippen molar-refractivity contribution in [3.63, 3.8) is 0 Å². The van der Waals surface area contributed by atoms with E-state index in [4.69, 9.17) is 0 Å².